The van der Waals surface area contributed by atoms with Gasteiger partial charge in [0, 0.05) is 18.7 Å². The first-order chi connectivity index (χ1) is 12.3. The SMILES string of the molecule is CCS(=O)(=O)c1ccc(C(=O)N2Cc3ccccc3C(C(=O)O)C2)cc1. The maximum atomic E-state index is 12.8. The van der Waals surface area contributed by atoms with Gasteiger partial charge in [-0.15, -0.1) is 0 Å². The molecule has 0 saturated heterocycles. The molecule has 0 spiro atoms. The average molecular weight is 373 g/mol. The molecule has 1 heterocycles. The van der Waals surface area contributed by atoms with Crippen molar-refractivity contribution in [2.24, 2.45) is 0 Å². The molecule has 0 aromatic heterocycles. The van der Waals surface area contributed by atoms with Gasteiger partial charge < -0.3 is 10.0 Å². The van der Waals surface area contributed by atoms with Crippen LogP contribution in [-0.2, 0) is 21.2 Å². The molecule has 1 aliphatic heterocycles. The third-order valence-corrected chi connectivity index (χ3v) is 6.37. The number of sulfone groups is 1. The van der Waals surface area contributed by atoms with Gasteiger partial charge in [-0.1, -0.05) is 31.2 Å². The van der Waals surface area contributed by atoms with Crippen molar-refractivity contribution in [1.82, 2.24) is 4.90 Å². The number of hydrogen-bond donors (Lipinski definition) is 1. The fourth-order valence-electron chi connectivity index (χ4n) is 3.13. The molecule has 26 heavy (non-hydrogen) atoms. The molecular weight excluding hydrogens is 354 g/mol. The van der Waals surface area contributed by atoms with Crippen LogP contribution < -0.4 is 0 Å². The molecule has 2 aromatic carbocycles. The number of carbonyl (C=O) groups is 2. The number of benzene rings is 2. The number of hydrogen-bond acceptors (Lipinski definition) is 4. The Bertz CT molecular complexity index is 950. The van der Waals surface area contributed by atoms with Crippen LogP contribution in [0.15, 0.2) is 53.4 Å². The van der Waals surface area contributed by atoms with Gasteiger partial charge in [0.15, 0.2) is 9.84 Å². The number of amides is 1. The van der Waals surface area contributed by atoms with E-state index in [1.807, 2.05) is 12.1 Å². The summed E-state index contributed by atoms with van der Waals surface area (Å²) in [7, 11) is -3.33. The Labute approximate surface area is 152 Å². The maximum Gasteiger partial charge on any atom is 0.312 e. The van der Waals surface area contributed by atoms with Gasteiger partial charge in [0.25, 0.3) is 5.91 Å². The molecule has 0 aliphatic carbocycles. The van der Waals surface area contributed by atoms with Crippen molar-refractivity contribution in [2.45, 2.75) is 24.3 Å². The zero-order valence-corrected chi connectivity index (χ0v) is 15.1. The fraction of sp³-hybridized carbons (Fsp3) is 0.263. The molecular formula is C19H19NO5S. The predicted octanol–water partition coefficient (Wildman–Crippen LogP) is 2.30. The Balaban J connectivity index is 1.88. The molecule has 1 amide bonds. The summed E-state index contributed by atoms with van der Waals surface area (Å²) in [4.78, 5) is 26.1. The number of nitrogens with zero attached hydrogens (tertiary/aromatic N) is 1. The molecule has 1 unspecified atom stereocenters. The summed E-state index contributed by atoms with van der Waals surface area (Å²) < 4.78 is 23.8. The van der Waals surface area contributed by atoms with Crippen LogP contribution in [-0.4, -0.2) is 42.6 Å². The molecule has 3 rings (SSSR count). The first kappa shape index (κ1) is 18.1. The highest BCUT2D eigenvalue weighted by atomic mass is 32.2. The number of fused-ring (bicyclic) bond motifs is 1. The predicted molar refractivity (Wildman–Crippen MR) is 95.7 cm³/mol. The summed E-state index contributed by atoms with van der Waals surface area (Å²) in [6.45, 7) is 1.97. The van der Waals surface area contributed by atoms with E-state index >= 15 is 0 Å². The van der Waals surface area contributed by atoms with Crippen LogP contribution >= 0.6 is 0 Å². The second kappa shape index (κ2) is 6.92. The van der Waals surface area contributed by atoms with Crippen molar-refractivity contribution in [3.8, 4) is 0 Å². The highest BCUT2D eigenvalue weighted by Gasteiger charge is 2.32. The number of rotatable bonds is 4. The van der Waals surface area contributed by atoms with E-state index < -0.39 is 21.7 Å². The zero-order chi connectivity index (χ0) is 18.9. The van der Waals surface area contributed by atoms with E-state index in [1.165, 1.54) is 29.2 Å². The zero-order valence-electron chi connectivity index (χ0n) is 14.3. The number of carboxylic acid groups (broad SMARTS) is 1. The Hall–Kier alpha value is -2.67. The van der Waals surface area contributed by atoms with E-state index in [-0.39, 0.29) is 23.1 Å². The number of carboxylic acids is 1. The minimum absolute atomic E-state index is 0.0104. The smallest absolute Gasteiger partial charge is 0.312 e. The van der Waals surface area contributed by atoms with E-state index in [4.69, 9.17) is 0 Å². The first-order valence-electron chi connectivity index (χ1n) is 8.26. The van der Waals surface area contributed by atoms with Crippen LogP contribution in [0, 0.1) is 0 Å². The van der Waals surface area contributed by atoms with Gasteiger partial charge in [-0.25, -0.2) is 8.42 Å². The van der Waals surface area contributed by atoms with Gasteiger partial charge in [0.1, 0.15) is 0 Å². The van der Waals surface area contributed by atoms with E-state index in [0.717, 1.165) is 11.1 Å². The van der Waals surface area contributed by atoms with Gasteiger partial charge in [0.2, 0.25) is 0 Å². The van der Waals surface area contributed by atoms with Gasteiger partial charge in [-0.05, 0) is 35.4 Å². The molecule has 136 valence electrons. The molecule has 0 fully saturated rings. The second-order valence-electron chi connectivity index (χ2n) is 6.20. The van der Waals surface area contributed by atoms with E-state index in [0.29, 0.717) is 12.1 Å². The second-order valence-corrected chi connectivity index (χ2v) is 8.48. The minimum atomic E-state index is -3.33. The Morgan fingerprint density at radius 3 is 2.38 bits per heavy atom. The van der Waals surface area contributed by atoms with Crippen molar-refractivity contribution in [3.63, 3.8) is 0 Å². The van der Waals surface area contributed by atoms with Crippen LogP contribution in [0.3, 0.4) is 0 Å². The maximum absolute atomic E-state index is 12.8. The largest absolute Gasteiger partial charge is 0.481 e. The van der Waals surface area contributed by atoms with E-state index in [9.17, 15) is 23.1 Å². The fourth-order valence-corrected chi connectivity index (χ4v) is 4.01. The highest BCUT2D eigenvalue weighted by Crippen LogP contribution is 2.29. The van der Waals surface area contributed by atoms with Crippen molar-refractivity contribution < 1.29 is 23.1 Å². The summed E-state index contributed by atoms with van der Waals surface area (Å²) in [6.07, 6.45) is 0. The lowest BCUT2D eigenvalue weighted by atomic mass is 9.89. The standard InChI is InChI=1S/C19H19NO5S/c1-2-26(24,25)15-9-7-13(8-10-15)18(21)20-11-14-5-3-4-6-16(14)17(12-20)19(22)23/h3-10,17H,2,11-12H2,1H3,(H,22,23). The lowest BCUT2D eigenvalue weighted by Crippen LogP contribution is -2.40. The summed E-state index contributed by atoms with van der Waals surface area (Å²) >= 11 is 0. The van der Waals surface area contributed by atoms with Crippen LogP contribution in [0.2, 0.25) is 0 Å². The molecule has 1 aliphatic rings. The molecule has 0 bridgehead atoms. The van der Waals surface area contributed by atoms with Gasteiger partial charge in [-0.3, -0.25) is 9.59 Å². The van der Waals surface area contributed by atoms with E-state index in [2.05, 4.69) is 0 Å². The Morgan fingerprint density at radius 1 is 1.12 bits per heavy atom. The van der Waals surface area contributed by atoms with Crippen LogP contribution in [0.5, 0.6) is 0 Å². The van der Waals surface area contributed by atoms with Gasteiger partial charge in [0.05, 0.1) is 16.6 Å². The summed E-state index contributed by atoms with van der Waals surface area (Å²) in [5, 5.41) is 9.50. The number of carbonyl (C=O) groups excluding carboxylic acids is 1. The van der Waals surface area contributed by atoms with Crippen molar-refractivity contribution in [3.05, 3.63) is 65.2 Å². The number of aliphatic carboxylic acids is 1. The third kappa shape index (κ3) is 3.35. The minimum Gasteiger partial charge on any atom is -0.481 e. The lowest BCUT2D eigenvalue weighted by Gasteiger charge is -2.32. The lowest BCUT2D eigenvalue weighted by molar-refractivity contribution is -0.139. The molecule has 1 N–H and O–H groups in total. The highest BCUT2D eigenvalue weighted by molar-refractivity contribution is 7.91. The summed E-state index contributed by atoms with van der Waals surface area (Å²) in [5.74, 6) is -2.07. The Kier molecular flexibility index (Phi) is 4.82. The van der Waals surface area contributed by atoms with Crippen LogP contribution in [0.1, 0.15) is 34.3 Å². The van der Waals surface area contributed by atoms with Crippen molar-refractivity contribution in [2.75, 3.05) is 12.3 Å². The monoisotopic (exact) mass is 373 g/mol. The molecule has 2 aromatic rings. The van der Waals surface area contributed by atoms with Crippen molar-refractivity contribution >= 4 is 21.7 Å². The van der Waals surface area contributed by atoms with E-state index in [1.54, 1.807) is 19.1 Å². The molecule has 7 heteroatoms. The van der Waals surface area contributed by atoms with Gasteiger partial charge in [-0.2, -0.15) is 0 Å². The summed E-state index contributed by atoms with van der Waals surface area (Å²) in [5.41, 5.74) is 1.88. The van der Waals surface area contributed by atoms with Crippen LogP contribution in [0.4, 0.5) is 0 Å². The Morgan fingerprint density at radius 2 is 1.77 bits per heavy atom. The summed E-state index contributed by atoms with van der Waals surface area (Å²) in [6, 6.07) is 13.0. The quantitative estimate of drug-likeness (QED) is 0.888. The van der Waals surface area contributed by atoms with Crippen LogP contribution in [0.25, 0.3) is 0 Å². The third-order valence-electron chi connectivity index (χ3n) is 4.62. The molecule has 0 radical (unpaired) electrons. The molecule has 6 nitrogen and oxygen atoms in total. The topological polar surface area (TPSA) is 91.8 Å². The first-order valence-corrected chi connectivity index (χ1v) is 9.91. The molecule has 1 atom stereocenters. The normalized spacial score (nSPS) is 16.8. The molecule has 0 saturated carbocycles. The average Bonchev–Trinajstić information content (AvgIpc) is 2.66. The van der Waals surface area contributed by atoms with Crippen molar-refractivity contribution in [1.29, 1.82) is 0 Å². The van der Waals surface area contributed by atoms with Gasteiger partial charge >= 0.3 is 5.97 Å².